The number of amides is 1. The molecule has 2 aliphatic heterocycles. The van der Waals surface area contributed by atoms with E-state index >= 15 is 0 Å². The van der Waals surface area contributed by atoms with Crippen LogP contribution < -0.4 is 10.2 Å². The lowest BCUT2D eigenvalue weighted by Gasteiger charge is -2.38. The largest absolute Gasteiger partial charge is 0.371 e. The molecule has 3 aromatic rings. The van der Waals surface area contributed by atoms with Gasteiger partial charge in [-0.25, -0.2) is 4.52 Å². The molecule has 1 aromatic carbocycles. The number of aromatic nitrogens is 2. The maximum absolute atomic E-state index is 13.1. The van der Waals surface area contributed by atoms with Gasteiger partial charge in [-0.3, -0.25) is 4.79 Å². The average Bonchev–Trinajstić information content (AvgIpc) is 3.42. The molecule has 3 fully saturated rings. The van der Waals surface area contributed by atoms with Crippen molar-refractivity contribution < 1.29 is 9.53 Å². The van der Waals surface area contributed by atoms with Crippen molar-refractivity contribution in [3.8, 4) is 17.2 Å². The number of nitrogens with one attached hydrogen (secondary N) is 1. The Kier molecular flexibility index (Phi) is 6.81. The van der Waals surface area contributed by atoms with E-state index in [1.807, 2.05) is 15.6 Å². The molecule has 0 spiro atoms. The van der Waals surface area contributed by atoms with Crippen LogP contribution in [0.4, 0.5) is 5.69 Å². The van der Waals surface area contributed by atoms with Gasteiger partial charge in [-0.1, -0.05) is 24.3 Å². The van der Waals surface area contributed by atoms with E-state index in [4.69, 9.17) is 10.00 Å². The molecule has 0 radical (unpaired) electrons. The van der Waals surface area contributed by atoms with Gasteiger partial charge in [0.2, 0.25) is 5.91 Å². The lowest BCUT2D eigenvalue weighted by molar-refractivity contribution is -0.137. The van der Waals surface area contributed by atoms with Crippen molar-refractivity contribution in [2.24, 2.45) is 11.8 Å². The number of fused-ring (bicyclic) bond motifs is 1. The number of rotatable bonds is 4. The Balaban J connectivity index is 1.13. The first-order valence-corrected chi connectivity index (χ1v) is 13.5. The van der Waals surface area contributed by atoms with E-state index < -0.39 is 0 Å². The zero-order chi connectivity index (χ0) is 25.2. The fraction of sp³-hybridized carbons (Fsp3) is 0.483. The molecule has 1 saturated carbocycles. The first-order chi connectivity index (χ1) is 18.2. The van der Waals surface area contributed by atoms with Gasteiger partial charge >= 0.3 is 0 Å². The van der Waals surface area contributed by atoms with Crippen molar-refractivity contribution >= 4 is 17.1 Å². The summed E-state index contributed by atoms with van der Waals surface area (Å²) in [5, 5.41) is 17.1. The van der Waals surface area contributed by atoms with Crippen molar-refractivity contribution in [3.05, 3.63) is 54.4 Å². The predicted molar refractivity (Wildman–Crippen MR) is 142 cm³/mol. The Hall–Kier alpha value is -3.41. The van der Waals surface area contributed by atoms with E-state index in [2.05, 4.69) is 64.0 Å². The summed E-state index contributed by atoms with van der Waals surface area (Å²) in [4.78, 5) is 17.5. The zero-order valence-electron chi connectivity index (χ0n) is 21.2. The predicted octanol–water partition coefficient (Wildman–Crippen LogP) is 3.64. The summed E-state index contributed by atoms with van der Waals surface area (Å²) in [6.07, 6.45) is 7.46. The highest BCUT2D eigenvalue weighted by molar-refractivity contribution is 5.81. The molecule has 2 saturated heterocycles. The Morgan fingerprint density at radius 3 is 2.51 bits per heavy atom. The normalized spacial score (nSPS) is 24.7. The minimum Gasteiger partial charge on any atom is -0.371 e. The summed E-state index contributed by atoms with van der Waals surface area (Å²) in [7, 11) is 0. The van der Waals surface area contributed by atoms with Crippen LogP contribution in [0.2, 0.25) is 0 Å². The smallest absolute Gasteiger partial charge is 0.225 e. The molecule has 1 unspecified atom stereocenters. The highest BCUT2D eigenvalue weighted by Gasteiger charge is 2.31. The maximum Gasteiger partial charge on any atom is 0.225 e. The second-order valence-electron chi connectivity index (χ2n) is 10.5. The van der Waals surface area contributed by atoms with Gasteiger partial charge in [-0.15, -0.1) is 0 Å². The molecule has 1 N–H and O–H groups in total. The second-order valence-corrected chi connectivity index (χ2v) is 10.5. The molecule has 37 heavy (non-hydrogen) atoms. The fourth-order valence-electron chi connectivity index (χ4n) is 5.99. The number of anilines is 1. The third-order valence-corrected chi connectivity index (χ3v) is 8.22. The van der Waals surface area contributed by atoms with Crippen LogP contribution >= 0.6 is 0 Å². The Labute approximate surface area is 217 Å². The van der Waals surface area contributed by atoms with Crippen molar-refractivity contribution in [2.75, 3.05) is 50.8 Å². The van der Waals surface area contributed by atoms with Crippen LogP contribution in [-0.4, -0.2) is 66.3 Å². The van der Waals surface area contributed by atoms with Crippen LogP contribution in [0.25, 0.3) is 16.6 Å². The topological polar surface area (TPSA) is 85.9 Å². The second kappa shape index (κ2) is 10.5. The van der Waals surface area contributed by atoms with Crippen LogP contribution in [0.1, 0.15) is 37.4 Å². The van der Waals surface area contributed by atoms with Gasteiger partial charge in [0.1, 0.15) is 0 Å². The maximum atomic E-state index is 13.1. The SMILES string of the molecule is N#CC1CCC(C(=O)N2CCN(c3ccnn4cc(-c5ccc(C6CNCCO6)cc5)cc34)CC2)CC1. The molecule has 8 heteroatoms. The number of carbonyl (C=O) groups is 1. The molecule has 192 valence electrons. The molecular weight excluding hydrogens is 464 g/mol. The number of nitrogens with zero attached hydrogens (tertiary/aromatic N) is 5. The molecule has 8 nitrogen and oxygen atoms in total. The van der Waals surface area contributed by atoms with Gasteiger partial charge < -0.3 is 19.9 Å². The highest BCUT2D eigenvalue weighted by atomic mass is 16.5. The first-order valence-electron chi connectivity index (χ1n) is 13.5. The lowest BCUT2D eigenvalue weighted by atomic mass is 9.82. The third kappa shape index (κ3) is 4.94. The molecule has 0 bridgehead atoms. The quantitative estimate of drug-likeness (QED) is 0.591. The highest BCUT2D eigenvalue weighted by Crippen LogP contribution is 2.32. The zero-order valence-corrected chi connectivity index (χ0v) is 21.2. The third-order valence-electron chi connectivity index (χ3n) is 8.22. The average molecular weight is 499 g/mol. The number of morpholine rings is 1. The van der Waals surface area contributed by atoms with E-state index in [0.29, 0.717) is 0 Å². The van der Waals surface area contributed by atoms with Crippen molar-refractivity contribution in [1.82, 2.24) is 19.8 Å². The van der Waals surface area contributed by atoms with Gasteiger partial charge in [-0.2, -0.15) is 10.4 Å². The molecular formula is C29H34N6O2. The number of ether oxygens (including phenoxy) is 1. The van der Waals surface area contributed by atoms with Gasteiger partial charge in [0.15, 0.2) is 0 Å². The van der Waals surface area contributed by atoms with E-state index in [1.165, 1.54) is 5.56 Å². The van der Waals surface area contributed by atoms with Crippen LogP contribution in [0.5, 0.6) is 0 Å². The van der Waals surface area contributed by atoms with Crippen LogP contribution in [-0.2, 0) is 9.53 Å². The molecule has 2 aromatic heterocycles. The Morgan fingerprint density at radius 1 is 1.03 bits per heavy atom. The van der Waals surface area contributed by atoms with Crippen molar-refractivity contribution in [1.29, 1.82) is 5.26 Å². The number of benzene rings is 1. The molecule has 1 aliphatic carbocycles. The number of carbonyl (C=O) groups excluding carboxylic acids is 1. The summed E-state index contributed by atoms with van der Waals surface area (Å²) in [6.45, 7) is 5.60. The van der Waals surface area contributed by atoms with Crippen molar-refractivity contribution in [2.45, 2.75) is 31.8 Å². The minimum absolute atomic E-state index is 0.0873. The van der Waals surface area contributed by atoms with Gasteiger partial charge in [-0.05, 0) is 48.9 Å². The molecule has 6 rings (SSSR count). The van der Waals surface area contributed by atoms with E-state index in [9.17, 15) is 4.79 Å². The van der Waals surface area contributed by atoms with E-state index in [0.717, 1.165) is 93.9 Å². The summed E-state index contributed by atoms with van der Waals surface area (Å²) in [5.74, 6) is 0.492. The van der Waals surface area contributed by atoms with Crippen molar-refractivity contribution in [3.63, 3.8) is 0 Å². The monoisotopic (exact) mass is 498 g/mol. The van der Waals surface area contributed by atoms with Gasteiger partial charge in [0.05, 0.1) is 30.0 Å². The van der Waals surface area contributed by atoms with Gasteiger partial charge in [0, 0.05) is 69.1 Å². The first kappa shape index (κ1) is 24.0. The molecule has 1 amide bonds. The summed E-state index contributed by atoms with van der Waals surface area (Å²) >= 11 is 0. The standard InChI is InChI=1S/C29H34N6O2/c30-18-21-1-3-24(4-2-21)29(36)34-14-12-33(13-15-34)26-9-10-32-35-20-25(17-27(26)35)22-5-7-23(8-6-22)28-19-31-11-16-37-28/h5-10,17,20-21,24,28,31H,1-4,11-16,19H2. The summed E-state index contributed by atoms with van der Waals surface area (Å²) in [5.41, 5.74) is 5.72. The summed E-state index contributed by atoms with van der Waals surface area (Å²) in [6, 6.07) is 15.3. The Morgan fingerprint density at radius 2 is 1.81 bits per heavy atom. The number of nitriles is 1. The van der Waals surface area contributed by atoms with E-state index in [1.54, 1.807) is 0 Å². The van der Waals surface area contributed by atoms with Gasteiger partial charge in [0.25, 0.3) is 0 Å². The van der Waals surface area contributed by atoms with Crippen LogP contribution in [0.3, 0.4) is 0 Å². The lowest BCUT2D eigenvalue weighted by Crippen LogP contribution is -2.50. The molecule has 1 atom stereocenters. The minimum atomic E-state index is 0.0873. The number of hydrogen-bond acceptors (Lipinski definition) is 6. The van der Waals surface area contributed by atoms with Crippen LogP contribution in [0, 0.1) is 23.2 Å². The van der Waals surface area contributed by atoms with E-state index in [-0.39, 0.29) is 23.8 Å². The summed E-state index contributed by atoms with van der Waals surface area (Å²) < 4.78 is 7.84. The fourth-order valence-corrected chi connectivity index (χ4v) is 5.99. The molecule has 3 aliphatic rings. The molecule has 4 heterocycles. The van der Waals surface area contributed by atoms with Crippen LogP contribution in [0.15, 0.2) is 48.8 Å². The number of hydrogen-bond donors (Lipinski definition) is 1. The Bertz CT molecular complexity index is 1270. The number of piperazine rings is 1.